The van der Waals surface area contributed by atoms with Crippen LogP contribution in [0.5, 0.6) is 0 Å². The second-order valence-electron chi connectivity index (χ2n) is 2.83. The molecule has 3 nitrogen and oxygen atoms in total. The summed E-state index contributed by atoms with van der Waals surface area (Å²) in [4.78, 5) is 10.6. The first-order valence-corrected chi connectivity index (χ1v) is 4.51. The maximum atomic E-state index is 10.6. The van der Waals surface area contributed by atoms with E-state index in [1.54, 1.807) is 4.68 Å². The predicted octanol–water partition coefficient (Wildman–Crippen LogP) is 1.79. The van der Waals surface area contributed by atoms with Crippen molar-refractivity contribution >= 4 is 22.2 Å². The number of rotatable bonds is 2. The maximum absolute atomic E-state index is 10.6. The molecule has 0 aliphatic rings. The van der Waals surface area contributed by atoms with Crippen molar-refractivity contribution in [2.45, 2.75) is 19.8 Å². The fraction of sp³-hybridized carbons (Fsp3) is 0.500. The Morgan fingerprint density at radius 2 is 2.25 bits per heavy atom. The third-order valence-electron chi connectivity index (χ3n) is 1.83. The topological polar surface area (TPSA) is 34.9 Å². The van der Waals surface area contributed by atoms with Gasteiger partial charge in [0.2, 0.25) is 0 Å². The van der Waals surface area contributed by atoms with Crippen molar-refractivity contribution in [3.63, 3.8) is 0 Å². The van der Waals surface area contributed by atoms with Gasteiger partial charge in [-0.1, -0.05) is 6.92 Å². The monoisotopic (exact) mass is 230 g/mol. The van der Waals surface area contributed by atoms with E-state index in [-0.39, 0.29) is 5.92 Å². The normalized spacial score (nSPS) is 13.0. The first-order valence-electron chi connectivity index (χ1n) is 3.72. The molecule has 1 unspecified atom stereocenters. The van der Waals surface area contributed by atoms with Crippen LogP contribution < -0.4 is 0 Å². The minimum absolute atomic E-state index is 0.106. The molecule has 0 aromatic carbocycles. The number of halogens is 1. The molecule has 0 bridgehead atoms. The van der Waals surface area contributed by atoms with Crippen molar-refractivity contribution < 1.29 is 4.79 Å². The molecule has 0 spiro atoms. The third-order valence-corrected chi connectivity index (χ3v) is 2.81. The van der Waals surface area contributed by atoms with Crippen LogP contribution in [0.15, 0.2) is 4.47 Å². The molecule has 0 amide bonds. The van der Waals surface area contributed by atoms with Crippen LogP contribution in [0.1, 0.15) is 24.2 Å². The van der Waals surface area contributed by atoms with Crippen LogP contribution in [0.25, 0.3) is 0 Å². The van der Waals surface area contributed by atoms with E-state index in [1.807, 2.05) is 20.9 Å². The Balaban J connectivity index is 3.21. The molecule has 0 aliphatic heterocycles. The number of aldehydes is 1. The lowest BCUT2D eigenvalue weighted by Crippen LogP contribution is -2.03. The molecule has 0 aliphatic carbocycles. The van der Waals surface area contributed by atoms with Gasteiger partial charge in [0.1, 0.15) is 6.29 Å². The van der Waals surface area contributed by atoms with E-state index in [1.165, 1.54) is 0 Å². The third kappa shape index (κ3) is 1.43. The highest BCUT2D eigenvalue weighted by atomic mass is 79.9. The van der Waals surface area contributed by atoms with Gasteiger partial charge in [0, 0.05) is 7.05 Å². The molecule has 66 valence electrons. The average molecular weight is 231 g/mol. The fourth-order valence-corrected chi connectivity index (χ4v) is 1.91. The van der Waals surface area contributed by atoms with Crippen LogP contribution in [-0.2, 0) is 11.8 Å². The summed E-state index contributed by atoms with van der Waals surface area (Å²) in [6.07, 6.45) is 0.918. The van der Waals surface area contributed by atoms with Crippen LogP contribution in [0.3, 0.4) is 0 Å². The van der Waals surface area contributed by atoms with E-state index in [9.17, 15) is 4.79 Å². The SMILES string of the molecule is Cc1nn(C)c(C(C)C=O)c1Br. The zero-order valence-corrected chi connectivity index (χ0v) is 8.92. The first-order chi connectivity index (χ1) is 5.57. The van der Waals surface area contributed by atoms with Crippen LogP contribution in [-0.4, -0.2) is 16.1 Å². The van der Waals surface area contributed by atoms with Crippen LogP contribution in [0.2, 0.25) is 0 Å². The number of hydrogen-bond donors (Lipinski definition) is 0. The van der Waals surface area contributed by atoms with Crippen LogP contribution in [0.4, 0.5) is 0 Å². The number of nitrogens with zero attached hydrogens (tertiary/aromatic N) is 2. The van der Waals surface area contributed by atoms with Crippen molar-refractivity contribution in [1.29, 1.82) is 0 Å². The van der Waals surface area contributed by atoms with Gasteiger partial charge in [-0.3, -0.25) is 4.68 Å². The van der Waals surface area contributed by atoms with Crippen molar-refractivity contribution in [2.24, 2.45) is 7.05 Å². The van der Waals surface area contributed by atoms with Crippen molar-refractivity contribution in [3.8, 4) is 0 Å². The highest BCUT2D eigenvalue weighted by molar-refractivity contribution is 9.10. The van der Waals surface area contributed by atoms with E-state index >= 15 is 0 Å². The fourth-order valence-electron chi connectivity index (χ4n) is 1.21. The lowest BCUT2D eigenvalue weighted by atomic mass is 10.1. The molecule has 1 heterocycles. The van der Waals surface area contributed by atoms with Gasteiger partial charge in [-0.25, -0.2) is 0 Å². The Bertz CT molecular complexity index is 306. The van der Waals surface area contributed by atoms with E-state index in [0.29, 0.717) is 0 Å². The lowest BCUT2D eigenvalue weighted by Gasteiger charge is -2.04. The quantitative estimate of drug-likeness (QED) is 0.727. The predicted molar refractivity (Wildman–Crippen MR) is 50.1 cm³/mol. The smallest absolute Gasteiger partial charge is 0.128 e. The standard InChI is InChI=1S/C8H11BrN2O/c1-5(4-12)8-7(9)6(2)10-11(8)3/h4-5H,1-3H3. The summed E-state index contributed by atoms with van der Waals surface area (Å²) < 4.78 is 2.67. The largest absolute Gasteiger partial charge is 0.303 e. The van der Waals surface area contributed by atoms with Crippen molar-refractivity contribution in [1.82, 2.24) is 9.78 Å². The number of carbonyl (C=O) groups is 1. The zero-order valence-electron chi connectivity index (χ0n) is 7.34. The summed E-state index contributed by atoms with van der Waals surface area (Å²) in [5, 5.41) is 4.19. The molecule has 0 saturated heterocycles. The minimum atomic E-state index is -0.106. The molecule has 1 aromatic heterocycles. The van der Waals surface area contributed by atoms with Crippen LogP contribution >= 0.6 is 15.9 Å². The number of aryl methyl sites for hydroxylation is 2. The van der Waals surface area contributed by atoms with Gasteiger partial charge in [0.05, 0.1) is 21.8 Å². The van der Waals surface area contributed by atoms with Crippen molar-refractivity contribution in [3.05, 3.63) is 15.9 Å². The van der Waals surface area contributed by atoms with Gasteiger partial charge < -0.3 is 4.79 Å². The summed E-state index contributed by atoms with van der Waals surface area (Å²) in [7, 11) is 1.84. The Morgan fingerprint density at radius 1 is 1.67 bits per heavy atom. The molecule has 1 rings (SSSR count). The Morgan fingerprint density at radius 3 is 2.58 bits per heavy atom. The zero-order chi connectivity index (χ0) is 9.30. The van der Waals surface area contributed by atoms with Crippen LogP contribution in [0, 0.1) is 6.92 Å². The summed E-state index contributed by atoms with van der Waals surface area (Å²) in [6, 6.07) is 0. The van der Waals surface area contributed by atoms with Gasteiger partial charge in [0.25, 0.3) is 0 Å². The molecule has 0 fully saturated rings. The molecular formula is C8H11BrN2O. The molecule has 12 heavy (non-hydrogen) atoms. The van der Waals surface area contributed by atoms with E-state index in [4.69, 9.17) is 0 Å². The summed E-state index contributed by atoms with van der Waals surface area (Å²) in [5.41, 5.74) is 1.85. The summed E-state index contributed by atoms with van der Waals surface area (Å²) in [6.45, 7) is 3.76. The molecule has 0 radical (unpaired) electrons. The van der Waals surface area contributed by atoms with Gasteiger partial charge in [-0.15, -0.1) is 0 Å². The van der Waals surface area contributed by atoms with Gasteiger partial charge >= 0.3 is 0 Å². The molecule has 1 aromatic rings. The second-order valence-corrected chi connectivity index (χ2v) is 3.63. The molecular weight excluding hydrogens is 220 g/mol. The highest BCUT2D eigenvalue weighted by Gasteiger charge is 2.15. The first kappa shape index (κ1) is 9.45. The summed E-state index contributed by atoms with van der Waals surface area (Å²) >= 11 is 3.40. The molecule has 1 atom stereocenters. The lowest BCUT2D eigenvalue weighted by molar-refractivity contribution is -0.108. The molecule has 0 N–H and O–H groups in total. The minimum Gasteiger partial charge on any atom is -0.303 e. The molecule has 4 heteroatoms. The van der Waals surface area contributed by atoms with Gasteiger partial charge in [-0.05, 0) is 22.9 Å². The number of carbonyl (C=O) groups excluding carboxylic acids is 1. The Kier molecular flexibility index (Phi) is 2.67. The van der Waals surface area contributed by atoms with E-state index in [2.05, 4.69) is 21.0 Å². The van der Waals surface area contributed by atoms with Gasteiger partial charge in [-0.2, -0.15) is 5.10 Å². The van der Waals surface area contributed by atoms with Gasteiger partial charge in [0.15, 0.2) is 0 Å². The number of aromatic nitrogens is 2. The molecule has 0 saturated carbocycles. The maximum Gasteiger partial charge on any atom is 0.128 e. The van der Waals surface area contributed by atoms with E-state index in [0.717, 1.165) is 22.1 Å². The number of hydrogen-bond acceptors (Lipinski definition) is 2. The van der Waals surface area contributed by atoms with Crippen molar-refractivity contribution in [2.75, 3.05) is 0 Å². The Labute approximate surface area is 79.9 Å². The average Bonchev–Trinajstić information content (AvgIpc) is 2.26. The Hall–Kier alpha value is -0.640. The summed E-state index contributed by atoms with van der Waals surface area (Å²) in [5.74, 6) is -0.106. The highest BCUT2D eigenvalue weighted by Crippen LogP contribution is 2.25. The second kappa shape index (κ2) is 3.39. The van der Waals surface area contributed by atoms with E-state index < -0.39 is 0 Å².